The smallest absolute Gasteiger partial charge is 0.263 e. The summed E-state index contributed by atoms with van der Waals surface area (Å²) in [5.41, 5.74) is 3.31. The summed E-state index contributed by atoms with van der Waals surface area (Å²) in [5.74, 6) is 5.80. The second-order valence-corrected chi connectivity index (χ2v) is 3.86. The summed E-state index contributed by atoms with van der Waals surface area (Å²) in [4.78, 5) is 0. The third kappa shape index (κ3) is 4.43. The van der Waals surface area contributed by atoms with Gasteiger partial charge in [-0.25, -0.2) is 10.1 Å². The van der Waals surface area contributed by atoms with E-state index in [1.807, 2.05) is 0 Å². The maximum atomic E-state index is 5.98. The lowest BCUT2D eigenvalue weighted by atomic mass is 10.2. The van der Waals surface area contributed by atoms with Gasteiger partial charge >= 0.3 is 0 Å². The molecule has 0 fully saturated rings. The van der Waals surface area contributed by atoms with Crippen LogP contribution in [0.5, 0.6) is 0 Å². The molecule has 0 atom stereocenters. The molecule has 1 aromatic heterocycles. The number of nitrogens with one attached hydrogen (secondary N) is 1. The van der Waals surface area contributed by atoms with E-state index in [1.165, 1.54) is 17.2 Å². The normalized spacial score (nSPS) is 9.79. The van der Waals surface area contributed by atoms with Gasteiger partial charge < -0.3 is 5.84 Å². The molecule has 0 saturated heterocycles. The molecule has 0 bridgehead atoms. The van der Waals surface area contributed by atoms with Crippen LogP contribution in [0, 0.1) is 0 Å². The van der Waals surface area contributed by atoms with Crippen molar-refractivity contribution in [1.82, 2.24) is 14.9 Å². The Morgan fingerprint density at radius 1 is 1.32 bits per heavy atom. The van der Waals surface area contributed by atoms with Crippen LogP contribution in [0.15, 0.2) is 29.6 Å². The molecule has 2 aromatic rings. The lowest BCUT2D eigenvalue weighted by Gasteiger charge is -2.00. The van der Waals surface area contributed by atoms with Crippen molar-refractivity contribution in [3.8, 4) is 0 Å². The largest absolute Gasteiger partial charge is 0.335 e. The predicted molar refractivity (Wildman–Crippen MR) is 82.3 cm³/mol. The SMILES string of the molecule is Cl.Cl.Nn1cnnc1N/N=C/c1cccc(Cl)c1Cl. The third-order valence-corrected chi connectivity index (χ3v) is 2.76. The van der Waals surface area contributed by atoms with Crippen LogP contribution in [0.3, 0.4) is 0 Å². The van der Waals surface area contributed by atoms with Crippen LogP contribution in [0.2, 0.25) is 10.0 Å². The van der Waals surface area contributed by atoms with E-state index in [-0.39, 0.29) is 24.8 Å². The molecule has 10 heteroatoms. The zero-order valence-corrected chi connectivity index (χ0v) is 12.5. The van der Waals surface area contributed by atoms with Gasteiger partial charge in [0.15, 0.2) is 0 Å². The van der Waals surface area contributed by atoms with Gasteiger partial charge in [-0.1, -0.05) is 35.3 Å². The van der Waals surface area contributed by atoms with Crippen LogP contribution in [-0.4, -0.2) is 21.1 Å². The van der Waals surface area contributed by atoms with Gasteiger partial charge in [-0.05, 0) is 6.07 Å². The number of hydrogen-bond donors (Lipinski definition) is 2. The number of hydrogen-bond acceptors (Lipinski definition) is 5. The van der Waals surface area contributed by atoms with Gasteiger partial charge in [0.2, 0.25) is 0 Å². The Balaban J connectivity index is 0.00000162. The quantitative estimate of drug-likeness (QED) is 0.510. The Morgan fingerprint density at radius 3 is 2.68 bits per heavy atom. The van der Waals surface area contributed by atoms with E-state index in [0.29, 0.717) is 21.6 Å². The van der Waals surface area contributed by atoms with Crippen LogP contribution < -0.4 is 11.3 Å². The van der Waals surface area contributed by atoms with E-state index < -0.39 is 0 Å². The van der Waals surface area contributed by atoms with Crippen molar-refractivity contribution in [2.24, 2.45) is 5.10 Å². The molecule has 0 amide bonds. The maximum absolute atomic E-state index is 5.98. The Hall–Kier alpha value is -1.21. The van der Waals surface area contributed by atoms with Crippen LogP contribution in [0.25, 0.3) is 0 Å². The summed E-state index contributed by atoms with van der Waals surface area (Å²) in [7, 11) is 0. The lowest BCUT2D eigenvalue weighted by Crippen LogP contribution is -2.10. The maximum Gasteiger partial charge on any atom is 0.263 e. The first kappa shape index (κ1) is 17.8. The van der Waals surface area contributed by atoms with Gasteiger partial charge in [0.25, 0.3) is 5.95 Å². The molecule has 2 rings (SSSR count). The minimum Gasteiger partial charge on any atom is -0.335 e. The topological polar surface area (TPSA) is 81.1 Å². The summed E-state index contributed by atoms with van der Waals surface area (Å²) in [6.45, 7) is 0. The highest BCUT2D eigenvalue weighted by molar-refractivity contribution is 6.43. The molecular formula is C9H10Cl4N6. The van der Waals surface area contributed by atoms with Crippen molar-refractivity contribution >= 4 is 60.2 Å². The fourth-order valence-electron chi connectivity index (χ4n) is 1.10. The van der Waals surface area contributed by atoms with Crippen molar-refractivity contribution in [3.63, 3.8) is 0 Å². The first-order chi connectivity index (χ1) is 8.18. The first-order valence-electron chi connectivity index (χ1n) is 4.56. The fourth-order valence-corrected chi connectivity index (χ4v) is 1.46. The molecule has 0 aliphatic rings. The number of nitrogens with two attached hydrogens (primary N) is 1. The Kier molecular flexibility index (Phi) is 7.55. The van der Waals surface area contributed by atoms with Crippen molar-refractivity contribution < 1.29 is 0 Å². The molecule has 6 nitrogen and oxygen atoms in total. The Bertz CT molecular complexity index is 555. The van der Waals surface area contributed by atoms with Crippen LogP contribution in [0.4, 0.5) is 5.95 Å². The molecular weight excluding hydrogens is 334 g/mol. The molecule has 0 spiro atoms. The number of anilines is 1. The number of aromatic nitrogens is 3. The van der Waals surface area contributed by atoms with Gasteiger partial charge in [0.05, 0.1) is 16.3 Å². The molecule has 1 heterocycles. The summed E-state index contributed by atoms with van der Waals surface area (Å²) in [6.07, 6.45) is 2.87. The highest BCUT2D eigenvalue weighted by atomic mass is 35.5. The van der Waals surface area contributed by atoms with Gasteiger partial charge in [0, 0.05) is 5.56 Å². The van der Waals surface area contributed by atoms with E-state index in [9.17, 15) is 0 Å². The Labute approximate surface area is 131 Å². The molecule has 0 unspecified atom stereocenters. The van der Waals surface area contributed by atoms with Crippen molar-refractivity contribution in [3.05, 3.63) is 40.1 Å². The standard InChI is InChI=1S/C9H8Cl2N6.2ClH/c10-7-3-1-2-6(8(7)11)4-13-15-9-16-14-5-17(9)12;;/h1-5H,12H2,(H,15,16);2*1H/b13-4+;;. The highest BCUT2D eigenvalue weighted by Gasteiger charge is 2.01. The van der Waals surface area contributed by atoms with Crippen LogP contribution in [-0.2, 0) is 0 Å². The number of halogens is 4. The molecule has 104 valence electrons. The predicted octanol–water partition coefficient (Wildman–Crippen LogP) is 2.59. The first-order valence-corrected chi connectivity index (χ1v) is 5.32. The average Bonchev–Trinajstić information content (AvgIpc) is 2.71. The minimum atomic E-state index is 0. The molecule has 0 radical (unpaired) electrons. The molecule has 0 aliphatic carbocycles. The van der Waals surface area contributed by atoms with Crippen molar-refractivity contribution in [1.29, 1.82) is 0 Å². The van der Waals surface area contributed by atoms with Crippen molar-refractivity contribution in [2.45, 2.75) is 0 Å². The summed E-state index contributed by atoms with van der Waals surface area (Å²) in [5, 5.41) is 12.1. The fraction of sp³-hybridized carbons (Fsp3) is 0. The lowest BCUT2D eigenvalue weighted by molar-refractivity contribution is 0.988. The second-order valence-electron chi connectivity index (χ2n) is 3.07. The van der Waals surface area contributed by atoms with Gasteiger partial charge in [-0.2, -0.15) is 5.10 Å². The van der Waals surface area contributed by atoms with Gasteiger partial charge in [-0.3, -0.25) is 0 Å². The number of nitrogens with zero attached hydrogens (tertiary/aromatic N) is 4. The number of benzene rings is 1. The zero-order valence-electron chi connectivity index (χ0n) is 9.33. The summed E-state index contributed by atoms with van der Waals surface area (Å²) < 4.78 is 1.21. The van der Waals surface area contributed by atoms with E-state index >= 15 is 0 Å². The van der Waals surface area contributed by atoms with E-state index in [0.717, 1.165) is 0 Å². The number of rotatable bonds is 3. The third-order valence-electron chi connectivity index (χ3n) is 1.92. The van der Waals surface area contributed by atoms with Crippen LogP contribution in [0.1, 0.15) is 5.56 Å². The van der Waals surface area contributed by atoms with E-state index in [4.69, 9.17) is 29.0 Å². The van der Waals surface area contributed by atoms with Crippen LogP contribution >= 0.6 is 48.0 Å². The van der Waals surface area contributed by atoms with Gasteiger partial charge in [-0.15, -0.1) is 35.0 Å². The monoisotopic (exact) mass is 342 g/mol. The average molecular weight is 344 g/mol. The summed E-state index contributed by atoms with van der Waals surface area (Å²) in [6, 6.07) is 5.26. The molecule has 3 N–H and O–H groups in total. The summed E-state index contributed by atoms with van der Waals surface area (Å²) >= 11 is 11.8. The molecule has 19 heavy (non-hydrogen) atoms. The molecule has 0 aliphatic heterocycles. The van der Waals surface area contributed by atoms with Gasteiger partial charge in [0.1, 0.15) is 6.33 Å². The highest BCUT2D eigenvalue weighted by Crippen LogP contribution is 2.24. The second kappa shape index (κ2) is 8.06. The zero-order chi connectivity index (χ0) is 12.3. The molecule has 1 aromatic carbocycles. The minimum absolute atomic E-state index is 0. The number of nitrogen functional groups attached to an aromatic ring is 1. The van der Waals surface area contributed by atoms with Crippen molar-refractivity contribution in [2.75, 3.05) is 11.3 Å². The molecule has 0 saturated carbocycles. The van der Waals surface area contributed by atoms with E-state index in [2.05, 4.69) is 20.7 Å². The van der Waals surface area contributed by atoms with E-state index in [1.54, 1.807) is 18.2 Å². The Morgan fingerprint density at radius 2 is 2.05 bits per heavy atom. The number of hydrazone groups is 1.